The molecule has 0 aliphatic heterocycles. The maximum absolute atomic E-state index is 13.1. The van der Waals surface area contributed by atoms with Crippen LogP contribution >= 0.6 is 11.6 Å². The minimum absolute atomic E-state index is 0.0112. The molecular weight excluding hydrogens is 488 g/mol. The number of benzene rings is 1. The van der Waals surface area contributed by atoms with E-state index in [-0.39, 0.29) is 30.0 Å². The Kier molecular flexibility index (Phi) is 8.37. The summed E-state index contributed by atoms with van der Waals surface area (Å²) in [5, 5.41) is 16.8. The largest absolute Gasteiger partial charge is 0.481 e. The highest BCUT2D eigenvalue weighted by Crippen LogP contribution is 2.53. The molecular formula is C30H41ClN2O4. The molecule has 37 heavy (non-hydrogen) atoms. The summed E-state index contributed by atoms with van der Waals surface area (Å²) < 4.78 is 5.98. The number of aliphatic carboxylic acids is 1. The number of aryl methyl sites for hydroxylation is 1. The first kappa shape index (κ1) is 27.7. The number of rotatable bonds is 11. The molecule has 2 aliphatic rings. The molecule has 202 valence electrons. The van der Waals surface area contributed by atoms with Gasteiger partial charge in [0.25, 0.3) is 0 Å². The van der Waals surface area contributed by atoms with E-state index in [4.69, 9.17) is 16.1 Å². The number of carbonyl (C=O) groups is 2. The van der Waals surface area contributed by atoms with Crippen molar-refractivity contribution in [3.8, 4) is 0 Å². The Labute approximate surface area is 225 Å². The van der Waals surface area contributed by atoms with E-state index in [2.05, 4.69) is 31.2 Å². The van der Waals surface area contributed by atoms with Crippen molar-refractivity contribution >= 4 is 29.2 Å². The normalized spacial score (nSPS) is 21.2. The van der Waals surface area contributed by atoms with E-state index in [0.29, 0.717) is 29.6 Å². The highest BCUT2D eigenvalue weighted by atomic mass is 35.5. The van der Waals surface area contributed by atoms with Crippen LogP contribution < -0.4 is 5.32 Å². The Morgan fingerprint density at radius 1 is 1.22 bits per heavy atom. The van der Waals surface area contributed by atoms with Gasteiger partial charge in [-0.3, -0.25) is 9.59 Å². The molecule has 0 spiro atoms. The molecule has 1 heterocycles. The van der Waals surface area contributed by atoms with Crippen molar-refractivity contribution in [2.45, 2.75) is 109 Å². The molecule has 2 aliphatic carbocycles. The molecule has 6 nitrogen and oxygen atoms in total. The average molecular weight is 529 g/mol. The van der Waals surface area contributed by atoms with Gasteiger partial charge < -0.3 is 14.9 Å². The summed E-state index contributed by atoms with van der Waals surface area (Å²) in [6, 6.07) is 5.78. The van der Waals surface area contributed by atoms with Crippen LogP contribution in [0.5, 0.6) is 0 Å². The topological polar surface area (TPSA) is 92.4 Å². The lowest BCUT2D eigenvalue weighted by molar-refractivity contribution is -0.137. The highest BCUT2D eigenvalue weighted by Gasteiger charge is 2.42. The van der Waals surface area contributed by atoms with Gasteiger partial charge in [0.05, 0.1) is 11.1 Å². The number of carbonyl (C=O) groups excluding carboxylic acids is 1. The standard InChI is InChI=1S/C30H41ClN2O4/c1-17-12-21(18(2)31)8-10-24(17)32-25(34)15-22(9-11-26(35)36)28-27(20-6-7-20)29(37-33-28)23-13-19(14-23)16-30(3,4)5/h8,10,12,18-20,22-23H,6-7,9,11,13-16H2,1-5H3,(H,32,34)(H,35,36)/t18-,19?,22?,23?/m1/s1. The number of amides is 1. The number of aromatic nitrogens is 1. The summed E-state index contributed by atoms with van der Waals surface area (Å²) in [5.74, 6) is 1.18. The first-order chi connectivity index (χ1) is 17.4. The fourth-order valence-corrected chi connectivity index (χ4v) is 5.95. The number of halogens is 1. The first-order valence-corrected chi connectivity index (χ1v) is 14.1. The zero-order chi connectivity index (χ0) is 26.9. The van der Waals surface area contributed by atoms with Crippen molar-refractivity contribution in [2.24, 2.45) is 11.3 Å². The Morgan fingerprint density at radius 2 is 1.92 bits per heavy atom. The Bertz CT molecular complexity index is 1120. The second kappa shape index (κ2) is 11.2. The van der Waals surface area contributed by atoms with E-state index >= 15 is 0 Å². The van der Waals surface area contributed by atoms with E-state index in [1.807, 2.05) is 32.0 Å². The average Bonchev–Trinajstić information content (AvgIpc) is 3.52. The molecule has 2 fully saturated rings. The minimum Gasteiger partial charge on any atom is -0.481 e. The summed E-state index contributed by atoms with van der Waals surface area (Å²) in [5.41, 5.74) is 4.97. The number of anilines is 1. The molecule has 2 aromatic rings. The van der Waals surface area contributed by atoms with E-state index in [9.17, 15) is 14.7 Å². The molecule has 2 atom stereocenters. The highest BCUT2D eigenvalue weighted by molar-refractivity contribution is 6.20. The number of carboxylic acids is 1. The molecule has 4 rings (SSSR count). The van der Waals surface area contributed by atoms with Gasteiger partial charge in [-0.2, -0.15) is 0 Å². The van der Waals surface area contributed by atoms with Crippen LogP contribution in [-0.2, 0) is 9.59 Å². The van der Waals surface area contributed by atoms with Crippen LogP contribution in [0.2, 0.25) is 0 Å². The Hall–Kier alpha value is -2.34. The van der Waals surface area contributed by atoms with Gasteiger partial charge in [0.15, 0.2) is 0 Å². The fourth-order valence-electron chi connectivity index (χ4n) is 5.81. The summed E-state index contributed by atoms with van der Waals surface area (Å²) >= 11 is 6.20. The molecule has 7 heteroatoms. The number of hydrogen-bond donors (Lipinski definition) is 2. The zero-order valence-corrected chi connectivity index (χ0v) is 23.5. The summed E-state index contributed by atoms with van der Waals surface area (Å²) in [7, 11) is 0. The van der Waals surface area contributed by atoms with Crippen LogP contribution in [0.3, 0.4) is 0 Å². The summed E-state index contributed by atoms with van der Waals surface area (Å²) in [4.78, 5) is 24.6. The number of nitrogens with one attached hydrogen (secondary N) is 1. The maximum Gasteiger partial charge on any atom is 0.303 e. The number of nitrogens with zero attached hydrogens (tertiary/aromatic N) is 1. The van der Waals surface area contributed by atoms with Gasteiger partial charge >= 0.3 is 5.97 Å². The predicted molar refractivity (Wildman–Crippen MR) is 146 cm³/mol. The Morgan fingerprint density at radius 3 is 2.49 bits per heavy atom. The van der Waals surface area contributed by atoms with Gasteiger partial charge in [-0.15, -0.1) is 11.6 Å². The Balaban J connectivity index is 1.51. The summed E-state index contributed by atoms with van der Waals surface area (Å²) in [6.45, 7) is 10.7. The predicted octanol–water partition coefficient (Wildman–Crippen LogP) is 8.07. The van der Waals surface area contributed by atoms with Gasteiger partial charge in [0.2, 0.25) is 5.91 Å². The maximum atomic E-state index is 13.1. The van der Waals surface area contributed by atoms with Crippen LogP contribution in [0.15, 0.2) is 22.7 Å². The van der Waals surface area contributed by atoms with Gasteiger partial charge in [-0.05, 0) is 86.8 Å². The molecule has 2 N–H and O–H groups in total. The summed E-state index contributed by atoms with van der Waals surface area (Å²) in [6.07, 6.45) is 6.14. The number of hydrogen-bond acceptors (Lipinski definition) is 4. The van der Waals surface area contributed by atoms with Crippen LogP contribution in [-0.4, -0.2) is 22.1 Å². The van der Waals surface area contributed by atoms with E-state index in [1.165, 1.54) is 12.0 Å². The molecule has 0 radical (unpaired) electrons. The molecule has 0 saturated heterocycles. The van der Waals surface area contributed by atoms with Crippen LogP contribution in [0.25, 0.3) is 0 Å². The second-order valence-corrected chi connectivity index (χ2v) is 13.1. The van der Waals surface area contributed by atoms with Crippen molar-refractivity contribution in [1.29, 1.82) is 0 Å². The molecule has 1 aromatic heterocycles. The van der Waals surface area contributed by atoms with E-state index < -0.39 is 5.97 Å². The minimum atomic E-state index is -0.868. The third-order valence-electron chi connectivity index (χ3n) is 7.79. The zero-order valence-electron chi connectivity index (χ0n) is 22.8. The van der Waals surface area contributed by atoms with Crippen LogP contribution in [0, 0.1) is 18.3 Å². The lowest BCUT2D eigenvalue weighted by Gasteiger charge is -2.38. The van der Waals surface area contributed by atoms with Gasteiger partial charge in [0, 0.05) is 35.9 Å². The monoisotopic (exact) mass is 528 g/mol. The molecule has 1 amide bonds. The smallest absolute Gasteiger partial charge is 0.303 e. The van der Waals surface area contributed by atoms with Crippen molar-refractivity contribution in [2.75, 3.05) is 5.32 Å². The SMILES string of the molecule is Cc1cc([C@@H](C)Cl)ccc1NC(=O)CC(CCC(=O)O)c1noc(C2CC(CC(C)(C)C)C2)c1C1CC1. The van der Waals surface area contributed by atoms with Crippen molar-refractivity contribution < 1.29 is 19.2 Å². The second-order valence-electron chi connectivity index (χ2n) is 12.5. The van der Waals surface area contributed by atoms with Crippen LogP contribution in [0.4, 0.5) is 5.69 Å². The first-order valence-electron chi connectivity index (χ1n) is 13.7. The third-order valence-corrected chi connectivity index (χ3v) is 8.04. The molecule has 0 bridgehead atoms. The molecule has 1 aromatic carbocycles. The van der Waals surface area contributed by atoms with Crippen LogP contribution in [0.1, 0.15) is 130 Å². The fraction of sp³-hybridized carbons (Fsp3) is 0.633. The van der Waals surface area contributed by atoms with Crippen molar-refractivity contribution in [3.05, 3.63) is 46.3 Å². The van der Waals surface area contributed by atoms with Crippen molar-refractivity contribution in [1.82, 2.24) is 5.16 Å². The lowest BCUT2D eigenvalue weighted by atomic mass is 9.66. The molecule has 1 unspecified atom stereocenters. The van der Waals surface area contributed by atoms with E-state index in [0.717, 1.165) is 54.0 Å². The number of alkyl halides is 1. The van der Waals surface area contributed by atoms with Gasteiger partial charge in [0.1, 0.15) is 5.76 Å². The third kappa shape index (κ3) is 7.16. The molecule has 2 saturated carbocycles. The lowest BCUT2D eigenvalue weighted by Crippen LogP contribution is -2.26. The number of carboxylic acid groups (broad SMARTS) is 1. The quantitative estimate of drug-likeness (QED) is 0.287. The van der Waals surface area contributed by atoms with Crippen molar-refractivity contribution in [3.63, 3.8) is 0 Å². The van der Waals surface area contributed by atoms with E-state index in [1.54, 1.807) is 0 Å². The van der Waals surface area contributed by atoms with Gasteiger partial charge in [-0.25, -0.2) is 0 Å². The van der Waals surface area contributed by atoms with Gasteiger partial charge in [-0.1, -0.05) is 38.1 Å².